The molecular weight excluding hydrogens is 316 g/mol. The molecule has 0 fully saturated rings. The van der Waals surface area contributed by atoms with Crippen molar-refractivity contribution in [3.8, 4) is 0 Å². The van der Waals surface area contributed by atoms with E-state index in [4.69, 9.17) is 16.3 Å². The first-order chi connectivity index (χ1) is 11.0. The van der Waals surface area contributed by atoms with Gasteiger partial charge >= 0.3 is 5.97 Å². The van der Waals surface area contributed by atoms with Crippen LogP contribution in [0.15, 0.2) is 48.5 Å². The van der Waals surface area contributed by atoms with E-state index < -0.39 is 12.0 Å². The van der Waals surface area contributed by atoms with Crippen LogP contribution in [0.3, 0.4) is 0 Å². The summed E-state index contributed by atoms with van der Waals surface area (Å²) in [5.41, 5.74) is 2.01. The van der Waals surface area contributed by atoms with E-state index in [9.17, 15) is 9.59 Å². The molecule has 0 aliphatic carbocycles. The Bertz CT molecular complexity index is 701. The number of esters is 1. The zero-order valence-electron chi connectivity index (χ0n) is 12.8. The minimum atomic E-state index is -0.722. The number of hydrogen-bond acceptors (Lipinski definition) is 4. The lowest BCUT2D eigenvalue weighted by molar-refractivity contribution is -0.141. The second-order valence-corrected chi connectivity index (χ2v) is 5.29. The maximum Gasteiger partial charge on any atom is 0.333 e. The maximum absolute atomic E-state index is 12.1. The number of amides is 1. The van der Waals surface area contributed by atoms with E-state index in [0.717, 1.165) is 0 Å². The molecule has 0 bridgehead atoms. The molecular formula is C17H17ClN2O3. The number of anilines is 2. The fourth-order valence-electron chi connectivity index (χ4n) is 2.11. The van der Waals surface area contributed by atoms with E-state index in [1.54, 1.807) is 48.5 Å². The van der Waals surface area contributed by atoms with Gasteiger partial charge < -0.3 is 15.4 Å². The van der Waals surface area contributed by atoms with E-state index in [2.05, 4.69) is 10.6 Å². The highest BCUT2D eigenvalue weighted by atomic mass is 35.5. The zero-order chi connectivity index (χ0) is 16.8. The Morgan fingerprint density at radius 2 is 1.65 bits per heavy atom. The molecule has 120 valence electrons. The molecule has 2 aromatic carbocycles. The molecule has 1 amide bonds. The van der Waals surface area contributed by atoms with Crippen LogP contribution in [0.25, 0.3) is 0 Å². The van der Waals surface area contributed by atoms with Gasteiger partial charge in [-0.3, -0.25) is 4.79 Å². The molecule has 0 aliphatic heterocycles. The van der Waals surface area contributed by atoms with Gasteiger partial charge in [-0.05, 0) is 30.3 Å². The average molecular weight is 333 g/mol. The van der Waals surface area contributed by atoms with Crippen LogP contribution in [-0.2, 0) is 14.3 Å². The summed E-state index contributed by atoms with van der Waals surface area (Å²) in [5.74, 6) is -0.585. The van der Waals surface area contributed by atoms with Crippen LogP contribution < -0.4 is 10.6 Å². The topological polar surface area (TPSA) is 67.4 Å². The highest BCUT2D eigenvalue weighted by molar-refractivity contribution is 6.31. The lowest BCUT2D eigenvalue weighted by Crippen LogP contribution is -2.22. The van der Waals surface area contributed by atoms with Crippen molar-refractivity contribution in [2.24, 2.45) is 0 Å². The van der Waals surface area contributed by atoms with E-state index in [1.165, 1.54) is 14.0 Å². The van der Waals surface area contributed by atoms with Gasteiger partial charge in [-0.25, -0.2) is 4.79 Å². The first-order valence-corrected chi connectivity index (χ1v) is 7.35. The van der Waals surface area contributed by atoms with Crippen LogP contribution in [0.2, 0.25) is 5.02 Å². The standard InChI is InChI=1S/C17H17ClN2O3/c1-11(21)19-12-7-9-13(10-8-12)20-16(17(22)23-2)14-5-3-4-6-15(14)18/h3-10,16,20H,1-2H3,(H,19,21). The highest BCUT2D eigenvalue weighted by Gasteiger charge is 2.23. The molecule has 0 radical (unpaired) electrons. The third kappa shape index (κ3) is 4.47. The molecule has 2 aromatic rings. The van der Waals surface area contributed by atoms with Crippen LogP contribution >= 0.6 is 11.6 Å². The Morgan fingerprint density at radius 3 is 2.22 bits per heavy atom. The Morgan fingerprint density at radius 1 is 1.04 bits per heavy atom. The summed E-state index contributed by atoms with van der Waals surface area (Å²) < 4.78 is 4.85. The molecule has 1 atom stereocenters. The molecule has 5 nitrogen and oxygen atoms in total. The van der Waals surface area contributed by atoms with Crippen molar-refractivity contribution in [1.29, 1.82) is 0 Å². The number of benzene rings is 2. The lowest BCUT2D eigenvalue weighted by atomic mass is 10.1. The van der Waals surface area contributed by atoms with Gasteiger partial charge in [0.25, 0.3) is 0 Å². The van der Waals surface area contributed by atoms with Gasteiger partial charge in [0, 0.05) is 28.9 Å². The summed E-state index contributed by atoms with van der Waals surface area (Å²) in [7, 11) is 1.33. The van der Waals surface area contributed by atoms with Crippen molar-refractivity contribution in [1.82, 2.24) is 0 Å². The third-order valence-electron chi connectivity index (χ3n) is 3.17. The van der Waals surface area contributed by atoms with Crippen LogP contribution in [0.5, 0.6) is 0 Å². The fraction of sp³-hybridized carbons (Fsp3) is 0.176. The summed E-state index contributed by atoms with van der Waals surface area (Å²) in [5, 5.41) is 6.25. The van der Waals surface area contributed by atoms with Gasteiger partial charge in [-0.2, -0.15) is 0 Å². The second kappa shape index (κ2) is 7.65. The van der Waals surface area contributed by atoms with Crippen molar-refractivity contribution in [3.63, 3.8) is 0 Å². The second-order valence-electron chi connectivity index (χ2n) is 4.88. The first kappa shape index (κ1) is 16.8. The highest BCUT2D eigenvalue weighted by Crippen LogP contribution is 2.27. The number of methoxy groups -OCH3 is 1. The average Bonchev–Trinajstić information content (AvgIpc) is 2.54. The molecule has 6 heteroatoms. The number of halogens is 1. The Balaban J connectivity index is 2.23. The van der Waals surface area contributed by atoms with Crippen LogP contribution in [0.1, 0.15) is 18.5 Å². The number of carbonyl (C=O) groups excluding carboxylic acids is 2. The maximum atomic E-state index is 12.1. The molecule has 1 unspecified atom stereocenters. The predicted molar refractivity (Wildman–Crippen MR) is 90.6 cm³/mol. The van der Waals surface area contributed by atoms with Gasteiger partial charge in [0.1, 0.15) is 0 Å². The van der Waals surface area contributed by atoms with Gasteiger partial charge in [-0.1, -0.05) is 29.8 Å². The zero-order valence-corrected chi connectivity index (χ0v) is 13.6. The molecule has 0 heterocycles. The number of ether oxygens (including phenoxy) is 1. The third-order valence-corrected chi connectivity index (χ3v) is 3.51. The summed E-state index contributed by atoms with van der Waals surface area (Å²) >= 11 is 6.17. The lowest BCUT2D eigenvalue weighted by Gasteiger charge is -2.19. The van der Waals surface area contributed by atoms with Gasteiger partial charge in [-0.15, -0.1) is 0 Å². The van der Waals surface area contributed by atoms with Crippen LogP contribution in [0.4, 0.5) is 11.4 Å². The van der Waals surface area contributed by atoms with E-state index in [0.29, 0.717) is 22.0 Å². The minimum Gasteiger partial charge on any atom is -0.467 e. The Hall–Kier alpha value is -2.53. The summed E-state index contributed by atoms with van der Waals surface area (Å²) in [4.78, 5) is 23.1. The molecule has 0 saturated heterocycles. The molecule has 0 saturated carbocycles. The van der Waals surface area contributed by atoms with Crippen molar-refractivity contribution < 1.29 is 14.3 Å². The van der Waals surface area contributed by atoms with E-state index in [-0.39, 0.29) is 5.91 Å². The number of nitrogens with one attached hydrogen (secondary N) is 2. The molecule has 23 heavy (non-hydrogen) atoms. The van der Waals surface area contributed by atoms with Gasteiger partial charge in [0.15, 0.2) is 6.04 Å². The molecule has 0 aliphatic rings. The number of carbonyl (C=O) groups is 2. The van der Waals surface area contributed by atoms with Crippen LogP contribution in [0, 0.1) is 0 Å². The smallest absolute Gasteiger partial charge is 0.333 e. The molecule has 2 N–H and O–H groups in total. The van der Waals surface area contributed by atoms with E-state index >= 15 is 0 Å². The van der Waals surface area contributed by atoms with Crippen molar-refractivity contribution in [3.05, 3.63) is 59.1 Å². The fourth-order valence-corrected chi connectivity index (χ4v) is 2.36. The summed E-state index contributed by atoms with van der Waals surface area (Å²) in [6.45, 7) is 1.44. The quantitative estimate of drug-likeness (QED) is 0.820. The molecule has 2 rings (SSSR count). The predicted octanol–water partition coefficient (Wildman–Crippen LogP) is 3.62. The normalized spacial score (nSPS) is 11.4. The molecule has 0 aromatic heterocycles. The largest absolute Gasteiger partial charge is 0.467 e. The SMILES string of the molecule is COC(=O)C(Nc1ccc(NC(C)=O)cc1)c1ccccc1Cl. The molecule has 0 spiro atoms. The number of hydrogen-bond donors (Lipinski definition) is 2. The van der Waals surface area contributed by atoms with Crippen molar-refractivity contribution in [2.75, 3.05) is 17.7 Å². The first-order valence-electron chi connectivity index (χ1n) is 6.97. The van der Waals surface area contributed by atoms with Gasteiger partial charge in [0.05, 0.1) is 7.11 Å². The van der Waals surface area contributed by atoms with Gasteiger partial charge in [0.2, 0.25) is 5.91 Å². The monoisotopic (exact) mass is 332 g/mol. The van der Waals surface area contributed by atoms with E-state index in [1.807, 2.05) is 0 Å². The summed E-state index contributed by atoms with van der Waals surface area (Å²) in [6.07, 6.45) is 0. The van der Waals surface area contributed by atoms with Crippen molar-refractivity contribution >= 4 is 34.9 Å². The number of rotatable bonds is 5. The van der Waals surface area contributed by atoms with Crippen LogP contribution in [-0.4, -0.2) is 19.0 Å². The Kier molecular flexibility index (Phi) is 5.60. The minimum absolute atomic E-state index is 0.144. The Labute approximate surface area is 139 Å². The summed E-state index contributed by atoms with van der Waals surface area (Å²) in [6, 6.07) is 13.4. The van der Waals surface area contributed by atoms with Crippen molar-refractivity contribution in [2.45, 2.75) is 13.0 Å².